The van der Waals surface area contributed by atoms with Crippen LogP contribution < -0.4 is 10.9 Å². The molecule has 2 N–H and O–H groups in total. The lowest BCUT2D eigenvalue weighted by molar-refractivity contribution is -0.119. The quantitative estimate of drug-likeness (QED) is 0.887. The van der Waals surface area contributed by atoms with Gasteiger partial charge in [-0.25, -0.2) is 0 Å². The van der Waals surface area contributed by atoms with Crippen molar-refractivity contribution in [3.63, 3.8) is 0 Å². The normalized spacial score (nSPS) is 20.3. The van der Waals surface area contributed by atoms with E-state index in [1.165, 1.54) is 11.1 Å². The zero-order valence-electron chi connectivity index (χ0n) is 15.3. The van der Waals surface area contributed by atoms with Gasteiger partial charge in [-0.1, -0.05) is 30.3 Å². The topological polar surface area (TPSA) is 62.0 Å². The highest BCUT2D eigenvalue weighted by atomic mass is 16.2. The van der Waals surface area contributed by atoms with Gasteiger partial charge < -0.3 is 10.3 Å². The molecule has 1 saturated carbocycles. The minimum atomic E-state index is 0.00530. The highest BCUT2D eigenvalue weighted by Crippen LogP contribution is 2.38. The Hall–Kier alpha value is -2.62. The number of hydrogen-bond donors (Lipinski definition) is 2. The monoisotopic (exact) mass is 348 g/mol. The summed E-state index contributed by atoms with van der Waals surface area (Å²) in [4.78, 5) is 27.2. The Morgan fingerprint density at radius 2 is 1.85 bits per heavy atom. The first-order valence-corrected chi connectivity index (χ1v) is 9.33. The summed E-state index contributed by atoms with van der Waals surface area (Å²) in [5, 5.41) is 3.00. The molecule has 0 unspecified atom stereocenters. The molecule has 1 saturated heterocycles. The van der Waals surface area contributed by atoms with Crippen molar-refractivity contribution in [3.8, 4) is 0 Å². The van der Waals surface area contributed by atoms with Gasteiger partial charge in [0.05, 0.1) is 0 Å². The third-order valence-electron chi connectivity index (χ3n) is 5.46. The maximum Gasteiger partial charge on any atom is 0.251 e. The Morgan fingerprint density at radius 1 is 1.04 bits per heavy atom. The first kappa shape index (κ1) is 16.8. The maximum absolute atomic E-state index is 12.5. The van der Waals surface area contributed by atoms with Crippen LogP contribution in [0.4, 0.5) is 0 Å². The molecule has 26 heavy (non-hydrogen) atoms. The number of pyridine rings is 1. The van der Waals surface area contributed by atoms with E-state index in [0.29, 0.717) is 12.3 Å². The fourth-order valence-corrected chi connectivity index (χ4v) is 3.57. The van der Waals surface area contributed by atoms with Crippen LogP contribution in [0.15, 0.2) is 41.2 Å². The summed E-state index contributed by atoms with van der Waals surface area (Å²) in [6, 6.07) is 10.3. The molecule has 134 valence electrons. The van der Waals surface area contributed by atoms with Crippen LogP contribution in [0.25, 0.3) is 5.57 Å². The summed E-state index contributed by atoms with van der Waals surface area (Å²) in [5.41, 5.74) is 6.19. The van der Waals surface area contributed by atoms with Crippen LogP contribution in [0.2, 0.25) is 0 Å². The smallest absolute Gasteiger partial charge is 0.251 e. The molecule has 4 heteroatoms. The van der Waals surface area contributed by atoms with Crippen LogP contribution in [0.5, 0.6) is 0 Å². The number of carbonyl (C=O) groups is 1. The van der Waals surface area contributed by atoms with E-state index in [-0.39, 0.29) is 17.5 Å². The van der Waals surface area contributed by atoms with Crippen molar-refractivity contribution in [2.45, 2.75) is 51.5 Å². The van der Waals surface area contributed by atoms with E-state index in [1.807, 2.05) is 12.1 Å². The SMILES string of the molecule is Cc1ccc(/C(=C\[C@H]2CCC(=O)N2)c2ccc(C3CC3)c(=O)[nH]2)cc1C. The summed E-state index contributed by atoms with van der Waals surface area (Å²) in [6.45, 7) is 4.18. The standard InChI is InChI=1S/C22H24N2O2/c1-13-3-4-16(11-14(13)2)19(12-17-7-10-21(25)23-17)20-9-8-18(15-5-6-15)22(26)24-20/h3-4,8-9,11-12,15,17H,5-7,10H2,1-2H3,(H,23,25)(H,24,26)/b19-12+/t17-/m1/s1. The number of benzene rings is 1. The number of rotatable bonds is 4. The maximum atomic E-state index is 12.5. The lowest BCUT2D eigenvalue weighted by atomic mass is 9.95. The molecule has 2 aliphatic rings. The predicted octanol–water partition coefficient (Wildman–Crippen LogP) is 3.58. The van der Waals surface area contributed by atoms with Gasteiger partial charge in [0.1, 0.15) is 0 Å². The van der Waals surface area contributed by atoms with Crippen molar-refractivity contribution < 1.29 is 4.79 Å². The zero-order valence-corrected chi connectivity index (χ0v) is 15.3. The number of aryl methyl sites for hydroxylation is 2. The van der Waals surface area contributed by atoms with Gasteiger partial charge in [0.2, 0.25) is 5.91 Å². The van der Waals surface area contributed by atoms with Gasteiger partial charge in [-0.2, -0.15) is 0 Å². The molecule has 2 fully saturated rings. The summed E-state index contributed by atoms with van der Waals surface area (Å²) in [5.74, 6) is 0.513. The second kappa shape index (κ2) is 6.60. The van der Waals surface area contributed by atoms with E-state index in [1.54, 1.807) is 0 Å². The van der Waals surface area contributed by atoms with Gasteiger partial charge in [0.25, 0.3) is 5.56 Å². The summed E-state index contributed by atoms with van der Waals surface area (Å²) < 4.78 is 0. The largest absolute Gasteiger partial charge is 0.350 e. The molecule has 2 heterocycles. The zero-order chi connectivity index (χ0) is 18.3. The highest BCUT2D eigenvalue weighted by molar-refractivity contribution is 5.82. The average molecular weight is 348 g/mol. The van der Waals surface area contributed by atoms with E-state index in [2.05, 4.69) is 48.4 Å². The van der Waals surface area contributed by atoms with Crippen molar-refractivity contribution in [1.29, 1.82) is 0 Å². The number of aromatic nitrogens is 1. The van der Waals surface area contributed by atoms with Crippen molar-refractivity contribution in [1.82, 2.24) is 10.3 Å². The molecule has 0 spiro atoms. The van der Waals surface area contributed by atoms with Crippen molar-refractivity contribution >= 4 is 11.5 Å². The number of hydrogen-bond acceptors (Lipinski definition) is 2. The van der Waals surface area contributed by atoms with Gasteiger partial charge in [-0.05, 0) is 61.8 Å². The summed E-state index contributed by atoms with van der Waals surface area (Å²) >= 11 is 0. The van der Waals surface area contributed by atoms with Gasteiger partial charge in [0.15, 0.2) is 0 Å². The first-order valence-electron chi connectivity index (χ1n) is 9.33. The third kappa shape index (κ3) is 3.36. The number of nitrogens with one attached hydrogen (secondary N) is 2. The number of amides is 1. The van der Waals surface area contributed by atoms with E-state index in [0.717, 1.165) is 41.7 Å². The molecule has 4 rings (SSSR count). The molecule has 2 aromatic rings. The lowest BCUT2D eigenvalue weighted by Gasteiger charge is -2.14. The molecular weight excluding hydrogens is 324 g/mol. The van der Waals surface area contributed by atoms with Crippen LogP contribution in [0.3, 0.4) is 0 Å². The number of aromatic amines is 1. The van der Waals surface area contributed by atoms with Gasteiger partial charge in [-0.15, -0.1) is 0 Å². The molecule has 0 bridgehead atoms. The minimum Gasteiger partial charge on any atom is -0.350 e. The fourth-order valence-electron chi connectivity index (χ4n) is 3.57. The van der Waals surface area contributed by atoms with Crippen molar-refractivity contribution in [2.24, 2.45) is 0 Å². The Morgan fingerprint density at radius 3 is 2.46 bits per heavy atom. The van der Waals surface area contributed by atoms with E-state index in [4.69, 9.17) is 0 Å². The Balaban J connectivity index is 1.78. The van der Waals surface area contributed by atoms with Crippen molar-refractivity contribution in [3.05, 3.63) is 74.7 Å². The number of H-pyrrole nitrogens is 1. The first-order chi connectivity index (χ1) is 12.5. The molecule has 1 aliphatic heterocycles. The lowest BCUT2D eigenvalue weighted by Crippen LogP contribution is -2.23. The highest BCUT2D eigenvalue weighted by Gasteiger charge is 2.26. The van der Waals surface area contributed by atoms with Crippen molar-refractivity contribution in [2.75, 3.05) is 0 Å². The molecule has 1 atom stereocenters. The Labute approximate surface area is 153 Å². The molecule has 1 amide bonds. The van der Waals surface area contributed by atoms with Crippen LogP contribution in [-0.4, -0.2) is 16.9 Å². The van der Waals surface area contributed by atoms with E-state index >= 15 is 0 Å². The molecule has 4 nitrogen and oxygen atoms in total. The van der Waals surface area contributed by atoms with Crippen LogP contribution in [0, 0.1) is 13.8 Å². The fraction of sp³-hybridized carbons (Fsp3) is 0.364. The minimum absolute atomic E-state index is 0.00530. The second-order valence-corrected chi connectivity index (χ2v) is 7.52. The average Bonchev–Trinajstić information content (AvgIpc) is 3.37. The molecule has 1 aliphatic carbocycles. The Kier molecular flexibility index (Phi) is 4.27. The second-order valence-electron chi connectivity index (χ2n) is 7.52. The number of carbonyl (C=O) groups excluding carboxylic acids is 1. The molecular formula is C22H24N2O2. The van der Waals surface area contributed by atoms with Gasteiger partial charge in [0, 0.05) is 29.3 Å². The molecule has 1 aromatic carbocycles. The molecule has 1 aromatic heterocycles. The Bertz CT molecular complexity index is 951. The van der Waals surface area contributed by atoms with Gasteiger partial charge in [-0.3, -0.25) is 9.59 Å². The van der Waals surface area contributed by atoms with Gasteiger partial charge >= 0.3 is 0 Å². The van der Waals surface area contributed by atoms with Crippen LogP contribution in [0.1, 0.15) is 59.5 Å². The third-order valence-corrected chi connectivity index (χ3v) is 5.46. The van der Waals surface area contributed by atoms with Crippen LogP contribution in [-0.2, 0) is 4.79 Å². The molecule has 0 radical (unpaired) electrons. The summed E-state index contributed by atoms with van der Waals surface area (Å²) in [7, 11) is 0. The van der Waals surface area contributed by atoms with Crippen LogP contribution >= 0.6 is 0 Å². The van der Waals surface area contributed by atoms with E-state index < -0.39 is 0 Å². The predicted molar refractivity (Wildman–Crippen MR) is 103 cm³/mol. The summed E-state index contributed by atoms with van der Waals surface area (Å²) in [6.07, 6.45) is 5.64. The van der Waals surface area contributed by atoms with E-state index in [9.17, 15) is 9.59 Å².